The average Bonchev–Trinajstić information content (AvgIpc) is 3.05. The summed E-state index contributed by atoms with van der Waals surface area (Å²) >= 11 is 0. The molecule has 0 radical (unpaired) electrons. The van der Waals surface area contributed by atoms with Crippen molar-refractivity contribution in [2.24, 2.45) is 0 Å². The first-order valence-electron chi connectivity index (χ1n) is 9.76. The van der Waals surface area contributed by atoms with Crippen molar-refractivity contribution in [1.82, 2.24) is 4.57 Å². The average molecular weight is 430 g/mol. The lowest BCUT2D eigenvalue weighted by molar-refractivity contribution is -0.384. The summed E-state index contributed by atoms with van der Waals surface area (Å²) in [5.41, 5.74) is 4.46. The van der Waals surface area contributed by atoms with Crippen LogP contribution in [0.2, 0.25) is 0 Å². The smallest absolute Gasteiger partial charge is 0.269 e. The molecule has 0 bridgehead atoms. The molecule has 0 atom stereocenters. The van der Waals surface area contributed by atoms with Gasteiger partial charge in [0.1, 0.15) is 17.4 Å². The highest BCUT2D eigenvalue weighted by Crippen LogP contribution is 2.27. The number of aryl methyl sites for hydroxylation is 2. The number of amides is 1. The largest absolute Gasteiger partial charge is 0.497 e. The Bertz CT molecular complexity index is 1260. The lowest BCUT2D eigenvalue weighted by Gasteiger charge is -2.12. The summed E-state index contributed by atoms with van der Waals surface area (Å²) in [7, 11) is 1.55. The van der Waals surface area contributed by atoms with E-state index in [1.165, 1.54) is 12.1 Å². The van der Waals surface area contributed by atoms with Gasteiger partial charge < -0.3 is 14.6 Å². The lowest BCUT2D eigenvalue weighted by atomic mass is 10.1. The van der Waals surface area contributed by atoms with Crippen molar-refractivity contribution in [2.75, 3.05) is 12.4 Å². The molecule has 1 N–H and O–H groups in total. The van der Waals surface area contributed by atoms with E-state index in [2.05, 4.69) is 5.32 Å². The third kappa shape index (κ3) is 4.52. The number of nitriles is 1. The Morgan fingerprint density at radius 3 is 2.41 bits per heavy atom. The zero-order valence-electron chi connectivity index (χ0n) is 18.2. The SMILES string of the molecule is COc1ccc(NC(=O)C(C#N)=Cc2cc(C)n(-c3ccc([N+](=O)[O-])cc3C)c2C)cc1. The fourth-order valence-electron chi connectivity index (χ4n) is 3.49. The van der Waals surface area contributed by atoms with E-state index in [0.717, 1.165) is 22.6 Å². The predicted octanol–water partition coefficient (Wildman–Crippen LogP) is 4.87. The van der Waals surface area contributed by atoms with Crippen LogP contribution in [0, 0.1) is 42.2 Å². The van der Waals surface area contributed by atoms with Crippen LogP contribution in [0.5, 0.6) is 5.75 Å². The van der Waals surface area contributed by atoms with E-state index >= 15 is 0 Å². The van der Waals surface area contributed by atoms with Gasteiger partial charge in [0.25, 0.3) is 11.6 Å². The number of hydrogen-bond donors (Lipinski definition) is 1. The molecule has 0 spiro atoms. The van der Waals surface area contributed by atoms with Crippen molar-refractivity contribution in [2.45, 2.75) is 20.8 Å². The van der Waals surface area contributed by atoms with E-state index in [0.29, 0.717) is 17.0 Å². The van der Waals surface area contributed by atoms with Gasteiger partial charge in [-0.3, -0.25) is 14.9 Å². The maximum Gasteiger partial charge on any atom is 0.269 e. The van der Waals surface area contributed by atoms with Crippen molar-refractivity contribution < 1.29 is 14.5 Å². The third-order valence-corrected chi connectivity index (χ3v) is 5.12. The van der Waals surface area contributed by atoms with Crippen molar-refractivity contribution >= 4 is 23.4 Å². The molecule has 0 aliphatic rings. The summed E-state index contributed by atoms with van der Waals surface area (Å²) < 4.78 is 7.05. The molecule has 0 unspecified atom stereocenters. The summed E-state index contributed by atoms with van der Waals surface area (Å²) in [6, 6.07) is 15.3. The Morgan fingerprint density at radius 2 is 1.84 bits per heavy atom. The molecule has 3 rings (SSSR count). The number of methoxy groups -OCH3 is 1. The van der Waals surface area contributed by atoms with Crippen molar-refractivity contribution in [3.63, 3.8) is 0 Å². The van der Waals surface area contributed by atoms with Gasteiger partial charge in [-0.15, -0.1) is 0 Å². The zero-order valence-corrected chi connectivity index (χ0v) is 18.2. The molecule has 1 aromatic heterocycles. The second-order valence-electron chi connectivity index (χ2n) is 7.24. The molecular weight excluding hydrogens is 408 g/mol. The van der Waals surface area contributed by atoms with Gasteiger partial charge in [0.15, 0.2) is 0 Å². The van der Waals surface area contributed by atoms with Crippen LogP contribution in [0.1, 0.15) is 22.5 Å². The summed E-state index contributed by atoms with van der Waals surface area (Å²) in [6.07, 6.45) is 1.54. The first-order chi connectivity index (χ1) is 15.2. The van der Waals surface area contributed by atoms with Gasteiger partial charge in [-0.05, 0) is 74.4 Å². The Labute approximate surface area is 185 Å². The van der Waals surface area contributed by atoms with Gasteiger partial charge in [-0.25, -0.2) is 0 Å². The van der Waals surface area contributed by atoms with Gasteiger partial charge in [0.05, 0.1) is 12.0 Å². The Hall–Kier alpha value is -4.38. The standard InChI is InChI=1S/C24H22N4O4/c1-15-11-21(28(30)31)7-10-23(15)27-16(2)12-18(17(27)3)13-19(14-25)24(29)26-20-5-8-22(32-4)9-6-20/h5-13H,1-4H3,(H,26,29). The number of benzene rings is 2. The van der Waals surface area contributed by atoms with Crippen LogP contribution in [0.3, 0.4) is 0 Å². The number of nitro benzene ring substituents is 1. The molecule has 32 heavy (non-hydrogen) atoms. The van der Waals surface area contributed by atoms with Gasteiger partial charge >= 0.3 is 0 Å². The van der Waals surface area contributed by atoms with E-state index in [1.54, 1.807) is 50.4 Å². The number of hydrogen-bond acceptors (Lipinski definition) is 5. The molecule has 0 saturated carbocycles. The number of non-ortho nitro benzene ring substituents is 1. The number of aromatic nitrogens is 1. The quantitative estimate of drug-likeness (QED) is 0.260. The molecular formula is C24H22N4O4. The van der Waals surface area contributed by atoms with Crippen LogP contribution in [0.25, 0.3) is 11.8 Å². The second kappa shape index (κ2) is 9.18. The number of carbonyl (C=O) groups excluding carboxylic acids is 1. The first kappa shape index (κ1) is 22.3. The molecule has 162 valence electrons. The normalized spacial score (nSPS) is 11.0. The fourth-order valence-corrected chi connectivity index (χ4v) is 3.49. The van der Waals surface area contributed by atoms with Crippen molar-refractivity contribution in [3.8, 4) is 17.5 Å². The molecule has 1 heterocycles. The molecule has 1 amide bonds. The van der Waals surface area contributed by atoms with Crippen molar-refractivity contribution in [1.29, 1.82) is 5.26 Å². The summed E-state index contributed by atoms with van der Waals surface area (Å²) in [6.45, 7) is 5.57. The van der Waals surface area contributed by atoms with E-state index in [-0.39, 0.29) is 11.3 Å². The van der Waals surface area contributed by atoms with E-state index in [1.807, 2.05) is 30.6 Å². The molecule has 0 fully saturated rings. The topological polar surface area (TPSA) is 110 Å². The summed E-state index contributed by atoms with van der Waals surface area (Å²) in [4.78, 5) is 23.2. The Morgan fingerprint density at radius 1 is 1.16 bits per heavy atom. The highest BCUT2D eigenvalue weighted by atomic mass is 16.6. The van der Waals surface area contributed by atoms with Gasteiger partial charge in [0, 0.05) is 34.9 Å². The Balaban J connectivity index is 1.93. The fraction of sp³-hybridized carbons (Fsp3) is 0.167. The van der Waals surface area contributed by atoms with Crippen LogP contribution in [0.15, 0.2) is 54.1 Å². The number of rotatable bonds is 6. The van der Waals surface area contributed by atoms with Crippen LogP contribution in [-0.2, 0) is 4.79 Å². The molecule has 3 aromatic rings. The van der Waals surface area contributed by atoms with Gasteiger partial charge in [0.2, 0.25) is 0 Å². The highest BCUT2D eigenvalue weighted by molar-refractivity contribution is 6.09. The molecule has 0 aliphatic carbocycles. The van der Waals surface area contributed by atoms with E-state index in [4.69, 9.17) is 4.74 Å². The lowest BCUT2D eigenvalue weighted by Crippen LogP contribution is -2.13. The Kier molecular flexibility index (Phi) is 6.40. The zero-order chi connectivity index (χ0) is 23.4. The molecule has 8 heteroatoms. The van der Waals surface area contributed by atoms with E-state index in [9.17, 15) is 20.2 Å². The van der Waals surface area contributed by atoms with Crippen LogP contribution < -0.4 is 10.1 Å². The molecule has 2 aromatic carbocycles. The van der Waals surface area contributed by atoms with Gasteiger partial charge in [-0.2, -0.15) is 5.26 Å². The van der Waals surface area contributed by atoms with Crippen LogP contribution >= 0.6 is 0 Å². The number of nitrogens with zero attached hydrogens (tertiary/aromatic N) is 3. The predicted molar refractivity (Wildman–Crippen MR) is 122 cm³/mol. The number of nitrogens with one attached hydrogen (secondary N) is 1. The van der Waals surface area contributed by atoms with Crippen LogP contribution in [0.4, 0.5) is 11.4 Å². The van der Waals surface area contributed by atoms with Gasteiger partial charge in [-0.1, -0.05) is 0 Å². The molecule has 0 aliphatic heterocycles. The summed E-state index contributed by atoms with van der Waals surface area (Å²) in [5.74, 6) is 0.141. The number of carbonyl (C=O) groups is 1. The van der Waals surface area contributed by atoms with Crippen molar-refractivity contribution in [3.05, 3.63) is 86.7 Å². The highest BCUT2D eigenvalue weighted by Gasteiger charge is 2.16. The minimum absolute atomic E-state index is 0.0239. The van der Waals surface area contributed by atoms with E-state index < -0.39 is 10.8 Å². The molecule has 0 saturated heterocycles. The minimum Gasteiger partial charge on any atom is -0.497 e. The number of nitro groups is 1. The first-order valence-corrected chi connectivity index (χ1v) is 9.76. The van der Waals surface area contributed by atoms with Crippen LogP contribution in [-0.4, -0.2) is 22.5 Å². The third-order valence-electron chi connectivity index (χ3n) is 5.12. The minimum atomic E-state index is -0.519. The number of anilines is 1. The monoisotopic (exact) mass is 430 g/mol. The maximum atomic E-state index is 12.6. The maximum absolute atomic E-state index is 12.6. The summed E-state index contributed by atoms with van der Waals surface area (Å²) in [5, 5.41) is 23.3. The number of ether oxygens (including phenoxy) is 1. The second-order valence-corrected chi connectivity index (χ2v) is 7.24. The molecule has 8 nitrogen and oxygen atoms in total.